The van der Waals surface area contributed by atoms with Gasteiger partial charge in [-0.2, -0.15) is 0 Å². The minimum absolute atomic E-state index is 0.0431. The standard InChI is InChI=1S/C30H28N2O7/c1-37-21-9-10-23-22(15-21)19(16-31-23)12-13-32-27(17-4-7-20(33)8-5-17)26(29(35)30(32)36)28(34)18-6-11-24(38-2)25(14-18)39-3/h4-11,14-16,27,31,33-34H,12-13H2,1-3H3/t27-/m1/s1. The predicted molar refractivity (Wildman–Crippen MR) is 145 cm³/mol. The molecule has 1 fully saturated rings. The molecule has 200 valence electrons. The lowest BCUT2D eigenvalue weighted by molar-refractivity contribution is -0.139. The molecule has 0 aliphatic carbocycles. The number of nitrogens with one attached hydrogen (secondary N) is 1. The van der Waals surface area contributed by atoms with Crippen molar-refractivity contribution in [3.05, 3.63) is 89.1 Å². The zero-order valence-corrected chi connectivity index (χ0v) is 21.7. The molecule has 0 unspecified atom stereocenters. The van der Waals surface area contributed by atoms with Gasteiger partial charge in [0, 0.05) is 29.2 Å². The molecule has 9 heteroatoms. The Morgan fingerprint density at radius 1 is 0.923 bits per heavy atom. The number of methoxy groups -OCH3 is 3. The highest BCUT2D eigenvalue weighted by atomic mass is 16.5. The lowest BCUT2D eigenvalue weighted by atomic mass is 9.95. The topological polar surface area (TPSA) is 121 Å². The quantitative estimate of drug-likeness (QED) is 0.174. The second kappa shape index (κ2) is 10.4. The molecule has 1 amide bonds. The number of H-pyrrole nitrogens is 1. The second-order valence-corrected chi connectivity index (χ2v) is 9.13. The molecule has 0 bridgehead atoms. The largest absolute Gasteiger partial charge is 0.508 e. The van der Waals surface area contributed by atoms with Gasteiger partial charge in [0.2, 0.25) is 0 Å². The van der Waals surface area contributed by atoms with Gasteiger partial charge < -0.3 is 34.3 Å². The molecule has 4 aromatic rings. The number of Topliss-reactive ketones (excluding diaryl/α,β-unsaturated/α-hetero) is 1. The molecule has 3 aromatic carbocycles. The van der Waals surface area contributed by atoms with Crippen LogP contribution in [-0.2, 0) is 16.0 Å². The zero-order valence-electron chi connectivity index (χ0n) is 21.7. The lowest BCUT2D eigenvalue weighted by Gasteiger charge is -2.25. The number of aliphatic hydroxyl groups excluding tert-OH is 1. The van der Waals surface area contributed by atoms with E-state index in [2.05, 4.69) is 4.98 Å². The van der Waals surface area contributed by atoms with Gasteiger partial charge in [-0.3, -0.25) is 9.59 Å². The van der Waals surface area contributed by atoms with Gasteiger partial charge in [-0.15, -0.1) is 0 Å². The van der Waals surface area contributed by atoms with Crippen molar-refractivity contribution < 1.29 is 34.0 Å². The van der Waals surface area contributed by atoms with Crippen LogP contribution in [0.2, 0.25) is 0 Å². The average molecular weight is 529 g/mol. The van der Waals surface area contributed by atoms with Gasteiger partial charge in [-0.1, -0.05) is 12.1 Å². The zero-order chi connectivity index (χ0) is 27.7. The third kappa shape index (κ3) is 4.63. The molecule has 1 aliphatic heterocycles. The van der Waals surface area contributed by atoms with E-state index in [0.29, 0.717) is 34.8 Å². The summed E-state index contributed by atoms with van der Waals surface area (Å²) in [5.74, 6) is -0.252. The van der Waals surface area contributed by atoms with Crippen molar-refractivity contribution in [2.45, 2.75) is 12.5 Å². The fraction of sp³-hybridized carbons (Fsp3) is 0.200. The molecule has 0 spiro atoms. The SMILES string of the molecule is COc1ccc2[nH]cc(CCN3C(=O)C(=O)C(=C(O)c4ccc(OC)c(OC)c4)[C@H]3c3ccc(O)cc3)c2c1. The molecular formula is C30H28N2O7. The van der Waals surface area contributed by atoms with E-state index < -0.39 is 17.7 Å². The number of phenolic OH excluding ortho intramolecular Hbond substituents is 1. The maximum Gasteiger partial charge on any atom is 0.295 e. The summed E-state index contributed by atoms with van der Waals surface area (Å²) in [6.45, 7) is 0.211. The van der Waals surface area contributed by atoms with Crippen LogP contribution in [0.25, 0.3) is 16.7 Å². The number of ketones is 1. The number of hydrogen-bond acceptors (Lipinski definition) is 7. The number of benzene rings is 3. The number of aromatic nitrogens is 1. The summed E-state index contributed by atoms with van der Waals surface area (Å²) in [5, 5.41) is 22.2. The van der Waals surface area contributed by atoms with Gasteiger partial charge in [-0.05, 0) is 66.1 Å². The highest BCUT2D eigenvalue weighted by molar-refractivity contribution is 6.46. The number of likely N-dealkylation sites (tertiary alicyclic amines) is 1. The summed E-state index contributed by atoms with van der Waals surface area (Å²) in [6, 6.07) is 15.8. The summed E-state index contributed by atoms with van der Waals surface area (Å²) in [4.78, 5) is 31.4. The molecule has 39 heavy (non-hydrogen) atoms. The number of aromatic amines is 1. The Bertz CT molecular complexity index is 1590. The number of phenols is 1. The van der Waals surface area contributed by atoms with E-state index in [-0.39, 0.29) is 23.6 Å². The molecule has 0 saturated carbocycles. The monoisotopic (exact) mass is 528 g/mol. The van der Waals surface area contributed by atoms with Crippen LogP contribution in [0.3, 0.4) is 0 Å². The number of aliphatic hydroxyl groups is 1. The van der Waals surface area contributed by atoms with E-state index >= 15 is 0 Å². The fourth-order valence-corrected chi connectivity index (χ4v) is 4.99. The van der Waals surface area contributed by atoms with Crippen molar-refractivity contribution in [3.8, 4) is 23.0 Å². The summed E-state index contributed by atoms with van der Waals surface area (Å²) in [7, 11) is 4.57. The van der Waals surface area contributed by atoms with E-state index in [1.54, 1.807) is 37.4 Å². The van der Waals surface area contributed by atoms with Crippen LogP contribution in [-0.4, -0.2) is 59.7 Å². The molecule has 1 aliphatic rings. The van der Waals surface area contributed by atoms with Crippen molar-refractivity contribution in [2.24, 2.45) is 0 Å². The van der Waals surface area contributed by atoms with Crippen LogP contribution in [0.1, 0.15) is 22.7 Å². The summed E-state index contributed by atoms with van der Waals surface area (Å²) in [6.07, 6.45) is 2.32. The molecule has 3 N–H and O–H groups in total. The summed E-state index contributed by atoms with van der Waals surface area (Å²) < 4.78 is 16.0. The van der Waals surface area contributed by atoms with Crippen molar-refractivity contribution >= 4 is 28.4 Å². The number of fused-ring (bicyclic) bond motifs is 1. The van der Waals surface area contributed by atoms with Crippen molar-refractivity contribution in [2.75, 3.05) is 27.9 Å². The highest BCUT2D eigenvalue weighted by Crippen LogP contribution is 2.41. The fourth-order valence-electron chi connectivity index (χ4n) is 4.99. The van der Waals surface area contributed by atoms with Crippen LogP contribution in [0.15, 0.2) is 72.4 Å². The molecule has 1 atom stereocenters. The van der Waals surface area contributed by atoms with Gasteiger partial charge in [0.15, 0.2) is 11.5 Å². The van der Waals surface area contributed by atoms with Gasteiger partial charge in [0.05, 0.1) is 32.9 Å². The number of carbonyl (C=O) groups excluding carboxylic acids is 2. The maximum atomic E-state index is 13.4. The van der Waals surface area contributed by atoms with Crippen molar-refractivity contribution in [3.63, 3.8) is 0 Å². The minimum Gasteiger partial charge on any atom is -0.508 e. The first-order chi connectivity index (χ1) is 18.9. The van der Waals surface area contributed by atoms with Crippen molar-refractivity contribution in [1.82, 2.24) is 9.88 Å². The second-order valence-electron chi connectivity index (χ2n) is 9.13. The Morgan fingerprint density at radius 2 is 1.67 bits per heavy atom. The first kappa shape index (κ1) is 25.7. The van der Waals surface area contributed by atoms with Crippen LogP contribution in [0, 0.1) is 0 Å². The Labute approximate surface area is 224 Å². The Hall–Kier alpha value is -4.92. The van der Waals surface area contributed by atoms with E-state index in [1.807, 2.05) is 24.4 Å². The molecular weight excluding hydrogens is 500 g/mol. The van der Waals surface area contributed by atoms with E-state index in [0.717, 1.165) is 16.5 Å². The average Bonchev–Trinajstić information content (AvgIpc) is 3.48. The van der Waals surface area contributed by atoms with E-state index in [1.165, 1.54) is 31.3 Å². The summed E-state index contributed by atoms with van der Waals surface area (Å²) >= 11 is 0. The third-order valence-corrected chi connectivity index (χ3v) is 7.00. The van der Waals surface area contributed by atoms with Crippen LogP contribution < -0.4 is 14.2 Å². The lowest BCUT2D eigenvalue weighted by Crippen LogP contribution is -2.31. The predicted octanol–water partition coefficient (Wildman–Crippen LogP) is 4.56. The molecule has 1 aromatic heterocycles. The minimum atomic E-state index is -0.863. The van der Waals surface area contributed by atoms with Gasteiger partial charge >= 0.3 is 0 Å². The number of ether oxygens (including phenoxy) is 3. The number of aromatic hydroxyl groups is 1. The molecule has 1 saturated heterocycles. The maximum absolute atomic E-state index is 13.4. The van der Waals surface area contributed by atoms with Crippen LogP contribution >= 0.6 is 0 Å². The van der Waals surface area contributed by atoms with Crippen LogP contribution in [0.4, 0.5) is 0 Å². The van der Waals surface area contributed by atoms with Crippen LogP contribution in [0.5, 0.6) is 23.0 Å². The first-order valence-corrected chi connectivity index (χ1v) is 12.3. The number of rotatable bonds is 8. The normalized spacial score (nSPS) is 16.6. The number of carbonyl (C=O) groups is 2. The highest BCUT2D eigenvalue weighted by Gasteiger charge is 2.46. The van der Waals surface area contributed by atoms with Gasteiger partial charge in [-0.25, -0.2) is 0 Å². The number of hydrogen-bond donors (Lipinski definition) is 3. The Kier molecular flexibility index (Phi) is 6.89. The van der Waals surface area contributed by atoms with E-state index in [9.17, 15) is 19.8 Å². The molecule has 5 rings (SSSR count). The molecule has 0 radical (unpaired) electrons. The van der Waals surface area contributed by atoms with Crippen molar-refractivity contribution in [1.29, 1.82) is 0 Å². The molecule has 2 heterocycles. The Balaban J connectivity index is 1.56. The van der Waals surface area contributed by atoms with Gasteiger partial charge in [0.1, 0.15) is 17.3 Å². The number of amides is 1. The molecule has 9 nitrogen and oxygen atoms in total. The van der Waals surface area contributed by atoms with E-state index in [4.69, 9.17) is 14.2 Å². The first-order valence-electron chi connectivity index (χ1n) is 12.3. The third-order valence-electron chi connectivity index (χ3n) is 7.00. The Morgan fingerprint density at radius 3 is 2.36 bits per heavy atom. The van der Waals surface area contributed by atoms with Gasteiger partial charge in [0.25, 0.3) is 11.7 Å². The number of nitrogens with zero attached hydrogens (tertiary/aromatic N) is 1. The smallest absolute Gasteiger partial charge is 0.295 e. The summed E-state index contributed by atoms with van der Waals surface area (Å²) in [5.41, 5.74) is 2.72.